The highest BCUT2D eigenvalue weighted by Crippen LogP contribution is 2.24. The van der Waals surface area contributed by atoms with Gasteiger partial charge in [0.25, 0.3) is 0 Å². The molecule has 1 aliphatic rings. The van der Waals surface area contributed by atoms with Crippen molar-refractivity contribution in [3.05, 3.63) is 11.7 Å². The standard InChI is InChI=1S/C9H15N3O2S/c1-10-3-2-8-11-9(12-14-8)7-6-15-5-4-13-7/h7,10H,2-6H2,1H3. The van der Waals surface area contributed by atoms with Crippen molar-refractivity contribution in [1.29, 1.82) is 0 Å². The first-order valence-corrected chi connectivity index (χ1v) is 6.22. The molecular formula is C9H15N3O2S. The molecule has 1 aromatic rings. The number of hydrogen-bond donors (Lipinski definition) is 1. The summed E-state index contributed by atoms with van der Waals surface area (Å²) in [6.07, 6.45) is 0.777. The lowest BCUT2D eigenvalue weighted by Crippen LogP contribution is -2.17. The van der Waals surface area contributed by atoms with E-state index >= 15 is 0 Å². The van der Waals surface area contributed by atoms with Gasteiger partial charge >= 0.3 is 0 Å². The largest absolute Gasteiger partial charge is 0.368 e. The minimum atomic E-state index is 0.0100. The summed E-state index contributed by atoms with van der Waals surface area (Å²) in [4.78, 5) is 4.32. The molecule has 0 aliphatic carbocycles. The van der Waals surface area contributed by atoms with Crippen LogP contribution in [-0.4, -0.2) is 41.8 Å². The zero-order valence-corrected chi connectivity index (χ0v) is 9.55. The van der Waals surface area contributed by atoms with Crippen LogP contribution in [0, 0.1) is 0 Å². The van der Waals surface area contributed by atoms with Gasteiger partial charge in [0.15, 0.2) is 0 Å². The molecule has 1 N–H and O–H groups in total. The third-order valence-electron chi connectivity index (χ3n) is 2.18. The van der Waals surface area contributed by atoms with Gasteiger partial charge in [-0.05, 0) is 7.05 Å². The molecule has 15 heavy (non-hydrogen) atoms. The zero-order valence-electron chi connectivity index (χ0n) is 8.73. The molecule has 1 saturated heterocycles. The highest BCUT2D eigenvalue weighted by Gasteiger charge is 2.21. The van der Waals surface area contributed by atoms with E-state index in [1.807, 2.05) is 18.8 Å². The predicted octanol–water partition coefficient (Wildman–Crippen LogP) is 0.636. The number of hydrogen-bond acceptors (Lipinski definition) is 6. The van der Waals surface area contributed by atoms with Crippen molar-refractivity contribution >= 4 is 11.8 Å². The Labute approximate surface area is 93.0 Å². The van der Waals surface area contributed by atoms with Gasteiger partial charge in [-0.2, -0.15) is 16.7 Å². The van der Waals surface area contributed by atoms with Gasteiger partial charge in [-0.15, -0.1) is 0 Å². The van der Waals surface area contributed by atoms with E-state index in [-0.39, 0.29) is 6.10 Å². The molecule has 0 bridgehead atoms. The van der Waals surface area contributed by atoms with Crippen molar-refractivity contribution in [1.82, 2.24) is 15.5 Å². The fourth-order valence-electron chi connectivity index (χ4n) is 1.37. The SMILES string of the molecule is CNCCc1nc(C2CSCCO2)no1. The highest BCUT2D eigenvalue weighted by atomic mass is 32.2. The summed E-state index contributed by atoms with van der Waals surface area (Å²) < 4.78 is 10.7. The van der Waals surface area contributed by atoms with Crippen molar-refractivity contribution in [2.75, 3.05) is 31.7 Å². The van der Waals surface area contributed by atoms with Crippen LogP contribution in [0.2, 0.25) is 0 Å². The summed E-state index contributed by atoms with van der Waals surface area (Å²) in [5.74, 6) is 3.35. The van der Waals surface area contributed by atoms with Crippen LogP contribution >= 0.6 is 11.8 Å². The zero-order chi connectivity index (χ0) is 10.5. The third-order valence-corrected chi connectivity index (χ3v) is 3.17. The van der Waals surface area contributed by atoms with Crippen LogP contribution in [0.15, 0.2) is 4.52 Å². The molecule has 0 saturated carbocycles. The van der Waals surface area contributed by atoms with Crippen LogP contribution in [0.5, 0.6) is 0 Å². The van der Waals surface area contributed by atoms with E-state index < -0.39 is 0 Å². The topological polar surface area (TPSA) is 60.2 Å². The second-order valence-corrected chi connectivity index (χ2v) is 4.48. The first-order chi connectivity index (χ1) is 7.40. The van der Waals surface area contributed by atoms with Gasteiger partial charge < -0.3 is 14.6 Å². The van der Waals surface area contributed by atoms with Crippen LogP contribution in [0.1, 0.15) is 17.8 Å². The fraction of sp³-hybridized carbons (Fsp3) is 0.778. The summed E-state index contributed by atoms with van der Waals surface area (Å²) in [6.45, 7) is 1.62. The second-order valence-electron chi connectivity index (χ2n) is 3.33. The first-order valence-electron chi connectivity index (χ1n) is 5.06. The molecule has 0 radical (unpaired) electrons. The molecule has 5 nitrogen and oxygen atoms in total. The van der Waals surface area contributed by atoms with Gasteiger partial charge in [-0.25, -0.2) is 0 Å². The molecule has 0 spiro atoms. The Morgan fingerprint density at radius 1 is 1.60 bits per heavy atom. The Hall–Kier alpha value is -0.590. The number of nitrogens with one attached hydrogen (secondary N) is 1. The predicted molar refractivity (Wildman–Crippen MR) is 57.9 cm³/mol. The van der Waals surface area contributed by atoms with Crippen LogP contribution in [0.3, 0.4) is 0 Å². The molecule has 1 unspecified atom stereocenters. The van der Waals surface area contributed by atoms with Gasteiger partial charge in [0.2, 0.25) is 11.7 Å². The van der Waals surface area contributed by atoms with E-state index in [4.69, 9.17) is 9.26 Å². The maximum atomic E-state index is 5.56. The lowest BCUT2D eigenvalue weighted by molar-refractivity contribution is 0.0677. The van der Waals surface area contributed by atoms with E-state index in [1.54, 1.807) is 0 Å². The summed E-state index contributed by atoms with van der Waals surface area (Å²) in [7, 11) is 1.90. The van der Waals surface area contributed by atoms with Gasteiger partial charge in [-0.1, -0.05) is 5.16 Å². The van der Waals surface area contributed by atoms with Crippen molar-refractivity contribution in [2.24, 2.45) is 0 Å². The Bertz CT molecular complexity index is 299. The molecule has 6 heteroatoms. The highest BCUT2D eigenvalue weighted by molar-refractivity contribution is 7.99. The quantitative estimate of drug-likeness (QED) is 0.817. The molecule has 1 fully saturated rings. The molecule has 2 rings (SSSR count). The van der Waals surface area contributed by atoms with Crippen LogP contribution in [-0.2, 0) is 11.2 Å². The van der Waals surface area contributed by atoms with Crippen molar-refractivity contribution in [2.45, 2.75) is 12.5 Å². The van der Waals surface area contributed by atoms with E-state index in [0.29, 0.717) is 11.7 Å². The smallest absolute Gasteiger partial charge is 0.228 e. The Morgan fingerprint density at radius 3 is 3.27 bits per heavy atom. The van der Waals surface area contributed by atoms with E-state index in [9.17, 15) is 0 Å². The lowest BCUT2D eigenvalue weighted by Gasteiger charge is -2.18. The Balaban J connectivity index is 1.93. The first kappa shape index (κ1) is 10.9. The molecule has 1 aliphatic heterocycles. The van der Waals surface area contributed by atoms with E-state index in [1.165, 1.54) is 0 Å². The number of nitrogens with zero attached hydrogens (tertiary/aromatic N) is 2. The lowest BCUT2D eigenvalue weighted by atomic mass is 10.3. The van der Waals surface area contributed by atoms with E-state index in [2.05, 4.69) is 15.5 Å². The number of aromatic nitrogens is 2. The van der Waals surface area contributed by atoms with Crippen molar-refractivity contribution in [3.63, 3.8) is 0 Å². The van der Waals surface area contributed by atoms with Crippen LogP contribution < -0.4 is 5.32 Å². The maximum Gasteiger partial charge on any atom is 0.228 e. The third kappa shape index (κ3) is 2.93. The molecule has 1 aromatic heterocycles. The molecule has 84 valence electrons. The summed E-state index contributed by atoms with van der Waals surface area (Å²) >= 11 is 1.87. The Morgan fingerprint density at radius 2 is 2.53 bits per heavy atom. The number of ether oxygens (including phenoxy) is 1. The molecular weight excluding hydrogens is 214 g/mol. The average Bonchev–Trinajstić information content (AvgIpc) is 2.76. The van der Waals surface area contributed by atoms with Crippen LogP contribution in [0.4, 0.5) is 0 Å². The summed E-state index contributed by atoms with van der Waals surface area (Å²) in [6, 6.07) is 0. The second kappa shape index (κ2) is 5.48. The number of rotatable bonds is 4. The monoisotopic (exact) mass is 229 g/mol. The fourth-order valence-corrected chi connectivity index (χ4v) is 2.21. The molecule has 0 aromatic carbocycles. The maximum absolute atomic E-state index is 5.56. The number of likely N-dealkylation sites (N-methyl/N-ethyl adjacent to an activating group) is 1. The Kier molecular flexibility index (Phi) is 3.99. The molecule has 1 atom stereocenters. The summed E-state index contributed by atoms with van der Waals surface area (Å²) in [5, 5.41) is 6.98. The molecule has 2 heterocycles. The minimum absolute atomic E-state index is 0.0100. The van der Waals surface area contributed by atoms with Crippen LogP contribution in [0.25, 0.3) is 0 Å². The minimum Gasteiger partial charge on any atom is -0.368 e. The van der Waals surface area contributed by atoms with Crippen molar-refractivity contribution in [3.8, 4) is 0 Å². The van der Waals surface area contributed by atoms with Gasteiger partial charge in [0.1, 0.15) is 6.10 Å². The number of thioether (sulfide) groups is 1. The average molecular weight is 229 g/mol. The summed E-state index contributed by atoms with van der Waals surface area (Å²) in [5.41, 5.74) is 0. The van der Waals surface area contributed by atoms with Gasteiger partial charge in [-0.3, -0.25) is 0 Å². The van der Waals surface area contributed by atoms with E-state index in [0.717, 1.165) is 31.1 Å². The molecule has 0 amide bonds. The van der Waals surface area contributed by atoms with Crippen molar-refractivity contribution < 1.29 is 9.26 Å². The van der Waals surface area contributed by atoms with Gasteiger partial charge in [0, 0.05) is 24.5 Å². The normalized spacial score (nSPS) is 21.8. The van der Waals surface area contributed by atoms with Gasteiger partial charge in [0.05, 0.1) is 6.61 Å².